The Balaban J connectivity index is 4.16. The van der Waals surface area contributed by atoms with Crippen LogP contribution >= 0.6 is 0 Å². The molecule has 0 rings (SSSR count). The van der Waals surface area contributed by atoms with Crippen LogP contribution in [0.15, 0.2) is 85.1 Å². The Bertz CT molecular complexity index is 1570. The molecule has 0 aromatic carbocycles. The topological polar surface area (TPSA) is 108 Å². The molecule has 0 radical (unpaired) electrons. The van der Waals surface area contributed by atoms with E-state index >= 15 is 0 Å². The lowest BCUT2D eigenvalue weighted by atomic mass is 10.0. The molecule has 0 aliphatic heterocycles. The Morgan fingerprint density at radius 1 is 0.392 bits per heavy atom. The Labute approximate surface area is 487 Å². The van der Waals surface area contributed by atoms with E-state index in [0.29, 0.717) is 23.9 Å². The number of carbonyl (C=O) groups excluding carboxylic acids is 2. The lowest BCUT2D eigenvalue weighted by molar-refractivity contribution is -0.870. The smallest absolute Gasteiger partial charge is 0.361 e. The summed E-state index contributed by atoms with van der Waals surface area (Å²) in [5.41, 5.74) is 0. The molecule has 0 fully saturated rings. The first-order valence-corrected chi connectivity index (χ1v) is 32.8. The largest absolute Gasteiger partial charge is 0.477 e. The van der Waals surface area contributed by atoms with Crippen molar-refractivity contribution in [1.29, 1.82) is 0 Å². The lowest BCUT2D eigenvalue weighted by Gasteiger charge is -2.25. The van der Waals surface area contributed by atoms with Gasteiger partial charge in [0.2, 0.25) is 0 Å². The molecule has 456 valence electrons. The first-order chi connectivity index (χ1) is 38.6. The zero-order chi connectivity index (χ0) is 57.6. The van der Waals surface area contributed by atoms with Gasteiger partial charge in [-0.25, -0.2) is 4.79 Å². The van der Waals surface area contributed by atoms with Crippen molar-refractivity contribution in [3.8, 4) is 0 Å². The molecule has 0 spiro atoms. The molecule has 0 aromatic rings. The number of rotatable bonds is 60. The number of hydrogen-bond acceptors (Lipinski definition) is 7. The van der Waals surface area contributed by atoms with Gasteiger partial charge in [0.1, 0.15) is 13.2 Å². The Morgan fingerprint density at radius 3 is 1.09 bits per heavy atom. The van der Waals surface area contributed by atoms with E-state index in [0.717, 1.165) is 83.5 Å². The summed E-state index contributed by atoms with van der Waals surface area (Å²) in [5.74, 6) is -2.03. The van der Waals surface area contributed by atoms with Crippen molar-refractivity contribution in [2.24, 2.45) is 0 Å². The SMILES string of the molecule is CC/C=C\C/C=C\C/C=C\C/C=C\C/C=C\C/C=C\CCCCCCC(=O)OC(COC(=O)CCCCCCCCCCCCCCCCCCCCC/C=C\CCCCCCCCCC)COC(OCC[N+](C)(C)C)C(=O)O. The summed E-state index contributed by atoms with van der Waals surface area (Å²) in [5, 5.41) is 9.72. The molecule has 0 saturated heterocycles. The van der Waals surface area contributed by atoms with Crippen LogP contribution in [0.1, 0.15) is 284 Å². The third-order valence-corrected chi connectivity index (χ3v) is 14.1. The average Bonchev–Trinajstić information content (AvgIpc) is 3.42. The van der Waals surface area contributed by atoms with Crippen molar-refractivity contribution in [1.82, 2.24) is 0 Å². The molecule has 0 bridgehead atoms. The van der Waals surface area contributed by atoms with Crippen LogP contribution in [0.3, 0.4) is 0 Å². The minimum atomic E-state index is -1.52. The van der Waals surface area contributed by atoms with Crippen LogP contribution in [-0.4, -0.2) is 87.4 Å². The van der Waals surface area contributed by atoms with Crippen LogP contribution in [0.25, 0.3) is 0 Å². The number of ether oxygens (including phenoxy) is 4. The van der Waals surface area contributed by atoms with Crippen LogP contribution in [0.4, 0.5) is 0 Å². The summed E-state index contributed by atoms with van der Waals surface area (Å²) in [6, 6.07) is 0. The number of carboxylic acids is 1. The number of aliphatic carboxylic acids is 1. The summed E-state index contributed by atoms with van der Waals surface area (Å²) in [6.07, 6.45) is 78.3. The number of unbranched alkanes of at least 4 members (excludes halogenated alkanes) is 31. The fourth-order valence-electron chi connectivity index (χ4n) is 9.13. The normalized spacial score (nSPS) is 13.3. The highest BCUT2D eigenvalue weighted by atomic mass is 16.7. The number of carboxylic acid groups (broad SMARTS) is 1. The van der Waals surface area contributed by atoms with Crippen molar-refractivity contribution in [2.75, 3.05) is 47.5 Å². The van der Waals surface area contributed by atoms with Gasteiger partial charge >= 0.3 is 17.9 Å². The second-order valence-corrected chi connectivity index (χ2v) is 23.0. The summed E-state index contributed by atoms with van der Waals surface area (Å²) in [4.78, 5) is 37.5. The molecule has 0 aromatic heterocycles. The minimum Gasteiger partial charge on any atom is -0.477 e. The van der Waals surface area contributed by atoms with Gasteiger partial charge in [-0.1, -0.05) is 266 Å². The maximum atomic E-state index is 12.9. The quantitative estimate of drug-likeness (QED) is 0.0211. The molecule has 0 amide bonds. The van der Waals surface area contributed by atoms with Crippen molar-refractivity contribution >= 4 is 17.9 Å². The summed E-state index contributed by atoms with van der Waals surface area (Å²) < 4.78 is 22.9. The molecule has 0 aliphatic rings. The standard InChI is InChI=1S/C70H123NO8/c1-6-8-10-12-14-16-18-20-22-24-26-28-30-31-32-33-34-35-36-37-39-40-42-44-46-48-50-52-54-56-58-60-67(72)77-64-66(65-78-70(69(74)75)76-63-62-71(3,4)5)79-68(73)61-59-57-55-53-51-49-47-45-43-41-38-29-27-25-23-21-19-17-15-13-11-9-7-2/h9,11,15,17,21,23-24,26-27,29,41,43,47,49,66,70H,6-8,10,12-14,16,18-20,22,25,28,30-40,42,44-46,48,50-65H2,1-5H3/p+1/b11-9-,17-15-,23-21-,26-24-,29-27-,43-41-,49-47-. The van der Waals surface area contributed by atoms with Crippen LogP contribution in [-0.2, 0) is 33.3 Å². The van der Waals surface area contributed by atoms with E-state index in [4.69, 9.17) is 18.9 Å². The molecular formula is C70H124NO8+. The highest BCUT2D eigenvalue weighted by Gasteiger charge is 2.25. The lowest BCUT2D eigenvalue weighted by Crippen LogP contribution is -2.40. The average molecular weight is 1110 g/mol. The molecule has 79 heavy (non-hydrogen) atoms. The first-order valence-electron chi connectivity index (χ1n) is 32.8. The Hall–Kier alpha value is -3.53. The van der Waals surface area contributed by atoms with Gasteiger partial charge < -0.3 is 28.5 Å². The highest BCUT2D eigenvalue weighted by molar-refractivity contribution is 5.71. The molecule has 0 aliphatic carbocycles. The number of likely N-dealkylation sites (N-methyl/N-ethyl adjacent to an activating group) is 1. The molecule has 1 N–H and O–H groups in total. The van der Waals surface area contributed by atoms with Crippen molar-refractivity contribution < 1.29 is 42.9 Å². The van der Waals surface area contributed by atoms with E-state index in [1.165, 1.54) is 167 Å². The maximum absolute atomic E-state index is 12.9. The molecule has 2 atom stereocenters. The number of carbonyl (C=O) groups is 3. The number of esters is 2. The fourth-order valence-corrected chi connectivity index (χ4v) is 9.13. The second-order valence-electron chi connectivity index (χ2n) is 23.0. The summed E-state index contributed by atoms with van der Waals surface area (Å²) in [6.45, 7) is 4.75. The van der Waals surface area contributed by atoms with Gasteiger partial charge in [-0.15, -0.1) is 0 Å². The van der Waals surface area contributed by atoms with E-state index < -0.39 is 24.3 Å². The molecule has 0 saturated carbocycles. The molecule has 9 heteroatoms. The summed E-state index contributed by atoms with van der Waals surface area (Å²) in [7, 11) is 5.96. The first kappa shape index (κ1) is 75.5. The zero-order valence-corrected chi connectivity index (χ0v) is 52.0. The Kier molecular flexibility index (Phi) is 57.9. The third kappa shape index (κ3) is 61.9. The van der Waals surface area contributed by atoms with Gasteiger partial charge in [0, 0.05) is 12.8 Å². The van der Waals surface area contributed by atoms with Gasteiger partial charge in [-0.2, -0.15) is 0 Å². The number of allylic oxidation sites excluding steroid dienone is 14. The van der Waals surface area contributed by atoms with E-state index in [1.54, 1.807) is 0 Å². The van der Waals surface area contributed by atoms with E-state index in [2.05, 4.69) is 98.9 Å². The fraction of sp³-hybridized carbons (Fsp3) is 0.757. The van der Waals surface area contributed by atoms with E-state index in [-0.39, 0.29) is 32.2 Å². The number of nitrogens with zero attached hydrogens (tertiary/aromatic N) is 1. The predicted octanol–water partition coefficient (Wildman–Crippen LogP) is 19.9. The minimum absolute atomic E-state index is 0.179. The van der Waals surface area contributed by atoms with Crippen LogP contribution in [0.5, 0.6) is 0 Å². The van der Waals surface area contributed by atoms with Gasteiger partial charge in [0.25, 0.3) is 6.29 Å². The summed E-state index contributed by atoms with van der Waals surface area (Å²) >= 11 is 0. The van der Waals surface area contributed by atoms with Crippen LogP contribution < -0.4 is 0 Å². The van der Waals surface area contributed by atoms with Gasteiger partial charge in [-0.3, -0.25) is 9.59 Å². The maximum Gasteiger partial charge on any atom is 0.361 e. The van der Waals surface area contributed by atoms with Gasteiger partial charge in [0.15, 0.2) is 6.10 Å². The van der Waals surface area contributed by atoms with Crippen molar-refractivity contribution in [3.63, 3.8) is 0 Å². The van der Waals surface area contributed by atoms with Crippen molar-refractivity contribution in [2.45, 2.75) is 296 Å². The van der Waals surface area contributed by atoms with E-state index in [1.807, 2.05) is 21.1 Å². The number of hydrogen-bond donors (Lipinski definition) is 1. The number of quaternary nitrogens is 1. The second kappa shape index (κ2) is 60.6. The molecular weight excluding hydrogens is 983 g/mol. The predicted molar refractivity (Wildman–Crippen MR) is 336 cm³/mol. The van der Waals surface area contributed by atoms with Crippen molar-refractivity contribution in [3.05, 3.63) is 85.1 Å². The molecule has 0 heterocycles. The van der Waals surface area contributed by atoms with Crippen LogP contribution in [0, 0.1) is 0 Å². The highest BCUT2D eigenvalue weighted by Crippen LogP contribution is 2.17. The van der Waals surface area contributed by atoms with Gasteiger partial charge in [-0.05, 0) is 89.9 Å². The Morgan fingerprint density at radius 2 is 0.722 bits per heavy atom. The monoisotopic (exact) mass is 1110 g/mol. The molecule has 2 unspecified atom stereocenters. The third-order valence-electron chi connectivity index (χ3n) is 14.1. The van der Waals surface area contributed by atoms with Gasteiger partial charge in [0.05, 0.1) is 34.4 Å². The van der Waals surface area contributed by atoms with E-state index in [9.17, 15) is 19.5 Å². The zero-order valence-electron chi connectivity index (χ0n) is 52.0. The van der Waals surface area contributed by atoms with Crippen LogP contribution in [0.2, 0.25) is 0 Å². The molecule has 9 nitrogen and oxygen atoms in total.